The first-order valence-electron chi connectivity index (χ1n) is 8.20. The molecule has 1 aliphatic heterocycles. The molecule has 0 saturated carbocycles. The number of rotatable bonds is 6. The first-order chi connectivity index (χ1) is 13.0. The summed E-state index contributed by atoms with van der Waals surface area (Å²) < 4.78 is 6.28. The molecule has 13 nitrogen and oxygen atoms in total. The number of ether oxygens (including phenoxy) is 1. The van der Waals surface area contributed by atoms with Gasteiger partial charge in [0.2, 0.25) is 0 Å². The Morgan fingerprint density at radius 2 is 1.89 bits per heavy atom. The smallest absolute Gasteiger partial charge is 0.330 e. The van der Waals surface area contributed by atoms with Gasteiger partial charge in [0.15, 0.2) is 6.23 Å². The molecule has 28 heavy (non-hydrogen) atoms. The number of nitrogens with two attached hydrogens (primary N) is 1. The number of nitrogens with zero attached hydrogens (tertiary/aromatic N) is 1. The molecule has 2 rings (SSSR count). The second kappa shape index (κ2) is 10.1. The maximum Gasteiger partial charge on any atom is 0.330 e. The second-order valence-electron chi connectivity index (χ2n) is 6.21. The number of nitrogens with one attached hydrogen (secondary N) is 2. The van der Waals surface area contributed by atoms with Gasteiger partial charge in [-0.15, -0.1) is 0 Å². The zero-order valence-electron chi connectivity index (χ0n) is 15.2. The average molecular weight is 404 g/mol. The Hall–Kier alpha value is -2.58. The lowest BCUT2D eigenvalue weighted by Crippen LogP contribution is -2.53. The standard InChI is InChI=1S/C13H20N4O7.C2H4O2/c1-5(14)4-15-7(12(21)22)10-8(19)9(20)11(24-10)17-3-2-6(18)16-13(17)23;1-2(3)4/h2-3,5,7-11,15,19-20H,4,14H2,1H3,(H,21,22)(H,16,18,23);1H3,(H,3,4)/t5-,7?,8?,9?,10?,11?;/m1./s1. The van der Waals surface area contributed by atoms with E-state index >= 15 is 0 Å². The monoisotopic (exact) mass is 404 g/mol. The number of aliphatic hydroxyl groups excluding tert-OH is 2. The third kappa shape index (κ3) is 6.24. The van der Waals surface area contributed by atoms with Gasteiger partial charge in [-0.1, -0.05) is 0 Å². The van der Waals surface area contributed by atoms with E-state index < -0.39 is 53.8 Å². The van der Waals surface area contributed by atoms with Crippen LogP contribution in [-0.4, -0.2) is 78.9 Å². The van der Waals surface area contributed by atoms with E-state index in [1.165, 1.54) is 0 Å². The van der Waals surface area contributed by atoms with E-state index in [-0.39, 0.29) is 12.6 Å². The molecule has 1 saturated heterocycles. The van der Waals surface area contributed by atoms with Crippen LogP contribution < -0.4 is 22.3 Å². The molecule has 0 aromatic carbocycles. The molecular weight excluding hydrogens is 380 g/mol. The minimum absolute atomic E-state index is 0.142. The van der Waals surface area contributed by atoms with Crippen molar-refractivity contribution in [3.05, 3.63) is 33.1 Å². The highest BCUT2D eigenvalue weighted by Gasteiger charge is 2.49. The number of aliphatic hydroxyl groups is 2. The van der Waals surface area contributed by atoms with Gasteiger partial charge in [-0.05, 0) is 6.92 Å². The molecular formula is C15H24N4O9. The SMILES string of the molecule is CC(=O)O.C[C@@H](N)CNC(C(=O)O)C1OC(n2ccc(=O)[nH]c2=O)C(O)C1O. The molecule has 6 atom stereocenters. The lowest BCUT2D eigenvalue weighted by molar-refractivity contribution is -0.146. The highest BCUT2D eigenvalue weighted by atomic mass is 16.6. The predicted molar refractivity (Wildman–Crippen MR) is 93.6 cm³/mol. The summed E-state index contributed by atoms with van der Waals surface area (Å²) in [5, 5.41) is 39.6. The van der Waals surface area contributed by atoms with Gasteiger partial charge in [0.1, 0.15) is 24.4 Å². The molecule has 1 aromatic rings. The van der Waals surface area contributed by atoms with Crippen LogP contribution in [-0.2, 0) is 14.3 Å². The summed E-state index contributed by atoms with van der Waals surface area (Å²) in [6.07, 6.45) is -4.68. The van der Waals surface area contributed by atoms with Crippen LogP contribution in [0.15, 0.2) is 21.9 Å². The topological polar surface area (TPSA) is 217 Å². The average Bonchev–Trinajstić information content (AvgIpc) is 2.83. The molecule has 0 amide bonds. The number of H-pyrrole nitrogens is 1. The Kier molecular flexibility index (Phi) is 8.46. The molecule has 2 heterocycles. The zero-order valence-corrected chi connectivity index (χ0v) is 15.2. The molecule has 0 aliphatic carbocycles. The lowest BCUT2D eigenvalue weighted by Gasteiger charge is -2.24. The van der Waals surface area contributed by atoms with Gasteiger partial charge in [-0.25, -0.2) is 4.79 Å². The Labute approximate surface area is 158 Å². The van der Waals surface area contributed by atoms with Crippen molar-refractivity contribution in [2.75, 3.05) is 6.54 Å². The number of carbonyl (C=O) groups is 2. The van der Waals surface area contributed by atoms with E-state index in [2.05, 4.69) is 5.32 Å². The van der Waals surface area contributed by atoms with Gasteiger partial charge in [-0.2, -0.15) is 0 Å². The molecule has 5 unspecified atom stereocenters. The summed E-state index contributed by atoms with van der Waals surface area (Å²) in [5.41, 5.74) is 4.08. The summed E-state index contributed by atoms with van der Waals surface area (Å²) in [5.74, 6) is -2.14. The minimum atomic E-state index is -1.56. The molecule has 1 fully saturated rings. The summed E-state index contributed by atoms with van der Waals surface area (Å²) in [7, 11) is 0. The Morgan fingerprint density at radius 1 is 1.32 bits per heavy atom. The summed E-state index contributed by atoms with van der Waals surface area (Å²) in [4.78, 5) is 45.3. The maximum absolute atomic E-state index is 11.8. The molecule has 1 aliphatic rings. The largest absolute Gasteiger partial charge is 0.481 e. The number of carboxylic acids is 2. The van der Waals surface area contributed by atoms with E-state index in [4.69, 9.17) is 20.4 Å². The van der Waals surface area contributed by atoms with Crippen molar-refractivity contribution in [2.45, 2.75) is 50.5 Å². The van der Waals surface area contributed by atoms with Crippen molar-refractivity contribution >= 4 is 11.9 Å². The van der Waals surface area contributed by atoms with Crippen LogP contribution in [0.4, 0.5) is 0 Å². The van der Waals surface area contributed by atoms with Gasteiger partial charge in [-0.3, -0.25) is 23.9 Å². The zero-order chi connectivity index (χ0) is 21.6. The molecule has 8 N–H and O–H groups in total. The summed E-state index contributed by atoms with van der Waals surface area (Å²) in [6.45, 7) is 2.89. The number of aliphatic carboxylic acids is 2. The van der Waals surface area contributed by atoms with E-state index in [0.29, 0.717) is 0 Å². The first kappa shape index (κ1) is 23.5. The quantitative estimate of drug-likeness (QED) is 0.248. The van der Waals surface area contributed by atoms with Crippen LogP contribution in [0.2, 0.25) is 0 Å². The number of hydrogen-bond acceptors (Lipinski definition) is 9. The normalized spacial score (nSPS) is 26.0. The van der Waals surface area contributed by atoms with E-state index in [0.717, 1.165) is 23.8 Å². The maximum atomic E-state index is 11.8. The predicted octanol–water partition coefficient (Wildman–Crippen LogP) is -3.36. The van der Waals surface area contributed by atoms with Crippen molar-refractivity contribution in [1.29, 1.82) is 0 Å². The van der Waals surface area contributed by atoms with E-state index in [1.54, 1.807) is 6.92 Å². The lowest BCUT2D eigenvalue weighted by atomic mass is 10.0. The van der Waals surface area contributed by atoms with Crippen molar-refractivity contribution in [3.8, 4) is 0 Å². The Balaban J connectivity index is 0.000000892. The minimum Gasteiger partial charge on any atom is -0.481 e. The van der Waals surface area contributed by atoms with Crippen LogP contribution in [0, 0.1) is 0 Å². The molecule has 0 radical (unpaired) electrons. The molecule has 158 valence electrons. The third-order valence-corrected chi connectivity index (χ3v) is 3.65. The highest BCUT2D eigenvalue weighted by Crippen LogP contribution is 2.30. The number of aromatic nitrogens is 2. The van der Waals surface area contributed by atoms with Crippen LogP contribution in [0.25, 0.3) is 0 Å². The van der Waals surface area contributed by atoms with Gasteiger partial charge in [0.05, 0.1) is 0 Å². The van der Waals surface area contributed by atoms with Gasteiger partial charge in [0.25, 0.3) is 11.5 Å². The van der Waals surface area contributed by atoms with Gasteiger partial charge >= 0.3 is 11.7 Å². The van der Waals surface area contributed by atoms with Gasteiger partial charge in [0, 0.05) is 31.8 Å². The third-order valence-electron chi connectivity index (χ3n) is 3.65. The number of carboxylic acid groups (broad SMARTS) is 2. The van der Waals surface area contributed by atoms with Gasteiger partial charge < -0.3 is 36.2 Å². The van der Waals surface area contributed by atoms with Crippen LogP contribution in [0.5, 0.6) is 0 Å². The summed E-state index contributed by atoms with van der Waals surface area (Å²) in [6, 6.07) is -0.641. The molecule has 13 heteroatoms. The fraction of sp³-hybridized carbons (Fsp3) is 0.600. The second-order valence-corrected chi connectivity index (χ2v) is 6.21. The summed E-state index contributed by atoms with van der Waals surface area (Å²) >= 11 is 0. The van der Waals surface area contributed by atoms with Crippen molar-refractivity contribution < 1.29 is 34.8 Å². The van der Waals surface area contributed by atoms with E-state index in [1.807, 2.05) is 4.98 Å². The molecule has 0 bridgehead atoms. The number of hydrogen-bond donors (Lipinski definition) is 7. The fourth-order valence-electron chi connectivity index (χ4n) is 2.48. The fourth-order valence-corrected chi connectivity index (χ4v) is 2.48. The highest BCUT2D eigenvalue weighted by molar-refractivity contribution is 5.74. The molecule has 0 spiro atoms. The van der Waals surface area contributed by atoms with Crippen molar-refractivity contribution in [1.82, 2.24) is 14.9 Å². The van der Waals surface area contributed by atoms with Crippen molar-refractivity contribution in [2.24, 2.45) is 5.73 Å². The van der Waals surface area contributed by atoms with Crippen LogP contribution in [0.1, 0.15) is 20.1 Å². The Bertz CT molecular complexity index is 786. The van der Waals surface area contributed by atoms with Crippen molar-refractivity contribution in [3.63, 3.8) is 0 Å². The number of aromatic amines is 1. The first-order valence-corrected chi connectivity index (χ1v) is 8.20. The van der Waals surface area contributed by atoms with Crippen LogP contribution in [0.3, 0.4) is 0 Å². The Morgan fingerprint density at radius 3 is 2.36 bits per heavy atom. The van der Waals surface area contributed by atoms with Crippen LogP contribution >= 0.6 is 0 Å². The molecule has 1 aromatic heterocycles. The van der Waals surface area contributed by atoms with E-state index in [9.17, 15) is 29.7 Å².